The molecule has 0 bridgehead atoms. The van der Waals surface area contributed by atoms with Crippen molar-refractivity contribution < 1.29 is 9.90 Å². The van der Waals surface area contributed by atoms with Crippen LogP contribution in [0.3, 0.4) is 0 Å². The predicted octanol–water partition coefficient (Wildman–Crippen LogP) is 1.78. The molecule has 0 spiro atoms. The van der Waals surface area contributed by atoms with Gasteiger partial charge in [0.15, 0.2) is 0 Å². The van der Waals surface area contributed by atoms with Crippen molar-refractivity contribution in [3.05, 3.63) is 48.3 Å². The van der Waals surface area contributed by atoms with Gasteiger partial charge in [0.05, 0.1) is 25.0 Å². The monoisotopic (exact) mass is 288 g/mol. The SMILES string of the molecule is CCN(CCO)C(=O)Nc1cnn(Cc2ccccc2)c1. The molecule has 0 fully saturated rings. The normalized spacial score (nSPS) is 10.4. The van der Waals surface area contributed by atoms with Gasteiger partial charge in [-0.15, -0.1) is 0 Å². The van der Waals surface area contributed by atoms with Gasteiger partial charge in [0.2, 0.25) is 0 Å². The molecule has 0 aliphatic heterocycles. The van der Waals surface area contributed by atoms with Crippen LogP contribution in [0.5, 0.6) is 0 Å². The number of aliphatic hydroxyl groups excluding tert-OH is 1. The van der Waals surface area contributed by atoms with Crippen LogP contribution in [0, 0.1) is 0 Å². The molecule has 6 nitrogen and oxygen atoms in total. The average molecular weight is 288 g/mol. The fourth-order valence-electron chi connectivity index (χ4n) is 2.01. The van der Waals surface area contributed by atoms with E-state index >= 15 is 0 Å². The second-order valence-corrected chi connectivity index (χ2v) is 4.65. The molecule has 0 saturated heterocycles. The molecule has 0 aliphatic rings. The summed E-state index contributed by atoms with van der Waals surface area (Å²) in [6.07, 6.45) is 3.41. The minimum absolute atomic E-state index is 0.0471. The maximum atomic E-state index is 12.0. The van der Waals surface area contributed by atoms with E-state index in [1.54, 1.807) is 17.1 Å². The van der Waals surface area contributed by atoms with Crippen molar-refractivity contribution in [1.82, 2.24) is 14.7 Å². The number of aliphatic hydroxyl groups is 1. The number of hydrogen-bond acceptors (Lipinski definition) is 3. The van der Waals surface area contributed by atoms with Crippen LogP contribution < -0.4 is 5.32 Å². The number of nitrogens with zero attached hydrogens (tertiary/aromatic N) is 3. The number of benzene rings is 1. The number of urea groups is 1. The van der Waals surface area contributed by atoms with Crippen LogP contribution in [0.2, 0.25) is 0 Å². The molecule has 1 aromatic heterocycles. The Balaban J connectivity index is 1.95. The zero-order valence-corrected chi connectivity index (χ0v) is 12.1. The first-order chi connectivity index (χ1) is 10.2. The largest absolute Gasteiger partial charge is 0.395 e. The average Bonchev–Trinajstić information content (AvgIpc) is 2.92. The molecular formula is C15H20N4O2. The highest BCUT2D eigenvalue weighted by Gasteiger charge is 2.11. The molecule has 0 radical (unpaired) electrons. The van der Waals surface area contributed by atoms with Crippen molar-refractivity contribution in [2.24, 2.45) is 0 Å². The summed E-state index contributed by atoms with van der Waals surface area (Å²) < 4.78 is 1.77. The first kappa shape index (κ1) is 15.1. The summed E-state index contributed by atoms with van der Waals surface area (Å²) in [7, 11) is 0. The van der Waals surface area contributed by atoms with Gasteiger partial charge in [0.1, 0.15) is 0 Å². The number of anilines is 1. The Kier molecular flexibility index (Phi) is 5.34. The van der Waals surface area contributed by atoms with E-state index in [-0.39, 0.29) is 12.6 Å². The van der Waals surface area contributed by atoms with E-state index in [9.17, 15) is 4.79 Å². The van der Waals surface area contributed by atoms with Crippen molar-refractivity contribution in [2.45, 2.75) is 13.5 Å². The Morgan fingerprint density at radius 3 is 2.81 bits per heavy atom. The third-order valence-electron chi connectivity index (χ3n) is 3.11. The van der Waals surface area contributed by atoms with Crippen LogP contribution in [0.15, 0.2) is 42.7 Å². The summed E-state index contributed by atoms with van der Waals surface area (Å²) >= 11 is 0. The number of carbonyl (C=O) groups excluding carboxylic acids is 1. The van der Waals surface area contributed by atoms with E-state index in [0.29, 0.717) is 25.3 Å². The van der Waals surface area contributed by atoms with Gasteiger partial charge in [0.25, 0.3) is 0 Å². The topological polar surface area (TPSA) is 70.4 Å². The van der Waals surface area contributed by atoms with Gasteiger partial charge in [-0.25, -0.2) is 4.79 Å². The van der Waals surface area contributed by atoms with Gasteiger partial charge in [-0.1, -0.05) is 30.3 Å². The summed E-state index contributed by atoms with van der Waals surface area (Å²) in [6, 6.07) is 9.76. The first-order valence-electron chi connectivity index (χ1n) is 6.96. The Hall–Kier alpha value is -2.34. The van der Waals surface area contributed by atoms with E-state index in [1.165, 1.54) is 4.90 Å². The van der Waals surface area contributed by atoms with Crippen molar-refractivity contribution >= 4 is 11.7 Å². The lowest BCUT2D eigenvalue weighted by molar-refractivity contribution is 0.192. The van der Waals surface area contributed by atoms with Gasteiger partial charge >= 0.3 is 6.03 Å². The summed E-state index contributed by atoms with van der Waals surface area (Å²) in [5.41, 5.74) is 1.79. The fraction of sp³-hybridized carbons (Fsp3) is 0.333. The number of amides is 2. The van der Waals surface area contributed by atoms with E-state index < -0.39 is 0 Å². The number of carbonyl (C=O) groups is 1. The van der Waals surface area contributed by atoms with Gasteiger partial charge < -0.3 is 15.3 Å². The Morgan fingerprint density at radius 1 is 1.38 bits per heavy atom. The maximum Gasteiger partial charge on any atom is 0.322 e. The maximum absolute atomic E-state index is 12.0. The summed E-state index contributed by atoms with van der Waals surface area (Å²) in [4.78, 5) is 13.5. The highest BCUT2D eigenvalue weighted by molar-refractivity contribution is 5.88. The van der Waals surface area contributed by atoms with Gasteiger partial charge in [-0.05, 0) is 12.5 Å². The zero-order valence-electron chi connectivity index (χ0n) is 12.1. The Morgan fingerprint density at radius 2 is 2.14 bits per heavy atom. The molecule has 2 amide bonds. The third kappa shape index (κ3) is 4.32. The molecule has 0 saturated carbocycles. The molecule has 21 heavy (non-hydrogen) atoms. The quantitative estimate of drug-likeness (QED) is 0.851. The van der Waals surface area contributed by atoms with Gasteiger partial charge in [-0.2, -0.15) is 5.10 Å². The fourth-order valence-corrected chi connectivity index (χ4v) is 2.01. The van der Waals surface area contributed by atoms with Crippen molar-refractivity contribution in [3.8, 4) is 0 Å². The molecule has 0 aliphatic carbocycles. The molecule has 0 atom stereocenters. The standard InChI is InChI=1S/C15H20N4O2/c1-2-18(8-9-20)15(21)17-14-10-16-19(12-14)11-13-6-4-3-5-7-13/h3-7,10,12,20H,2,8-9,11H2,1H3,(H,17,21). The second kappa shape index (κ2) is 7.44. The highest BCUT2D eigenvalue weighted by atomic mass is 16.3. The third-order valence-corrected chi connectivity index (χ3v) is 3.11. The second-order valence-electron chi connectivity index (χ2n) is 4.65. The molecule has 2 aromatic rings. The molecule has 2 N–H and O–H groups in total. The summed E-state index contributed by atoms with van der Waals surface area (Å²) in [5.74, 6) is 0. The van der Waals surface area contributed by atoms with Crippen molar-refractivity contribution in [1.29, 1.82) is 0 Å². The van der Waals surface area contributed by atoms with E-state index in [0.717, 1.165) is 5.56 Å². The van der Waals surface area contributed by atoms with Gasteiger partial charge in [-0.3, -0.25) is 4.68 Å². The van der Waals surface area contributed by atoms with Crippen LogP contribution in [0.4, 0.5) is 10.5 Å². The number of likely N-dealkylation sites (N-methyl/N-ethyl adjacent to an activating group) is 1. The number of rotatable bonds is 6. The van der Waals surface area contributed by atoms with Crippen LogP contribution >= 0.6 is 0 Å². The summed E-state index contributed by atoms with van der Waals surface area (Å²) in [6.45, 7) is 3.35. The van der Waals surface area contributed by atoms with Crippen LogP contribution in [-0.4, -0.2) is 45.5 Å². The van der Waals surface area contributed by atoms with Crippen molar-refractivity contribution in [2.75, 3.05) is 25.0 Å². The van der Waals surface area contributed by atoms with E-state index in [4.69, 9.17) is 5.11 Å². The number of aromatic nitrogens is 2. The van der Waals surface area contributed by atoms with E-state index in [1.807, 2.05) is 37.3 Å². The van der Waals surface area contributed by atoms with Gasteiger partial charge in [0, 0.05) is 19.3 Å². The molecule has 2 rings (SSSR count). The minimum Gasteiger partial charge on any atom is -0.395 e. The highest BCUT2D eigenvalue weighted by Crippen LogP contribution is 2.09. The Labute approximate surface area is 124 Å². The van der Waals surface area contributed by atoms with Crippen LogP contribution in [0.1, 0.15) is 12.5 Å². The molecule has 112 valence electrons. The lowest BCUT2D eigenvalue weighted by Crippen LogP contribution is -2.36. The predicted molar refractivity (Wildman–Crippen MR) is 81.1 cm³/mol. The Bertz CT molecular complexity index is 568. The zero-order chi connectivity index (χ0) is 15.1. The number of nitrogens with one attached hydrogen (secondary N) is 1. The van der Waals surface area contributed by atoms with Crippen molar-refractivity contribution in [3.63, 3.8) is 0 Å². The lowest BCUT2D eigenvalue weighted by Gasteiger charge is -2.19. The summed E-state index contributed by atoms with van der Waals surface area (Å²) in [5, 5.41) is 15.9. The molecule has 1 aromatic carbocycles. The lowest BCUT2D eigenvalue weighted by atomic mass is 10.2. The van der Waals surface area contributed by atoms with E-state index in [2.05, 4.69) is 10.4 Å². The molecule has 6 heteroatoms. The van der Waals surface area contributed by atoms with Crippen LogP contribution in [0.25, 0.3) is 0 Å². The first-order valence-corrected chi connectivity index (χ1v) is 6.96. The molecule has 0 unspecified atom stereocenters. The minimum atomic E-state index is -0.231. The number of hydrogen-bond donors (Lipinski definition) is 2. The smallest absolute Gasteiger partial charge is 0.322 e. The molecule has 1 heterocycles. The van der Waals surface area contributed by atoms with Crippen LogP contribution in [-0.2, 0) is 6.54 Å². The molecular weight excluding hydrogens is 268 g/mol.